The van der Waals surface area contributed by atoms with Crippen LogP contribution in [0.4, 0.5) is 10.1 Å². The van der Waals surface area contributed by atoms with E-state index in [2.05, 4.69) is 16.0 Å². The Balaban J connectivity index is 0.00000161. The molecule has 0 bridgehead atoms. The fraction of sp³-hybridized carbons (Fsp3) is 0.235. The lowest BCUT2D eigenvalue weighted by Crippen LogP contribution is -2.29. The minimum Gasteiger partial charge on any atom is -0.356 e. The molecular formula is C17H18ClFN2. The topological polar surface area (TPSA) is 15.6 Å². The first-order chi connectivity index (χ1) is 9.65. The summed E-state index contributed by atoms with van der Waals surface area (Å²) in [4.78, 5) is 6.84. The van der Waals surface area contributed by atoms with E-state index < -0.39 is 0 Å². The van der Waals surface area contributed by atoms with Gasteiger partial charge in [0, 0.05) is 7.05 Å². The van der Waals surface area contributed by atoms with E-state index >= 15 is 0 Å². The highest BCUT2D eigenvalue weighted by atomic mass is 35.5. The lowest BCUT2D eigenvalue weighted by Gasteiger charge is -2.28. The van der Waals surface area contributed by atoms with Gasteiger partial charge in [-0.15, -0.1) is 12.4 Å². The van der Waals surface area contributed by atoms with Crippen LogP contribution in [0.2, 0.25) is 0 Å². The van der Waals surface area contributed by atoms with Gasteiger partial charge in [0.15, 0.2) is 0 Å². The van der Waals surface area contributed by atoms with E-state index in [9.17, 15) is 4.39 Å². The van der Waals surface area contributed by atoms with E-state index in [4.69, 9.17) is 0 Å². The van der Waals surface area contributed by atoms with Gasteiger partial charge in [-0.3, -0.25) is 0 Å². The van der Waals surface area contributed by atoms with Gasteiger partial charge in [-0.2, -0.15) is 0 Å². The number of hydrogen-bond donors (Lipinski definition) is 0. The van der Waals surface area contributed by atoms with Crippen molar-refractivity contribution in [3.63, 3.8) is 0 Å². The molecule has 21 heavy (non-hydrogen) atoms. The maximum absolute atomic E-state index is 13.1. The monoisotopic (exact) mass is 304 g/mol. The molecule has 2 aromatic carbocycles. The van der Waals surface area contributed by atoms with Crippen molar-refractivity contribution in [3.05, 3.63) is 65.5 Å². The van der Waals surface area contributed by atoms with Crippen molar-refractivity contribution in [2.45, 2.75) is 19.4 Å². The Kier molecular flexibility index (Phi) is 4.63. The predicted octanol–water partition coefficient (Wildman–Crippen LogP) is 4.53. The van der Waals surface area contributed by atoms with E-state index in [1.165, 1.54) is 17.7 Å². The zero-order valence-corrected chi connectivity index (χ0v) is 12.9. The molecule has 1 atom stereocenters. The van der Waals surface area contributed by atoms with E-state index in [0.717, 1.165) is 23.5 Å². The normalized spacial score (nSPS) is 17.4. The van der Waals surface area contributed by atoms with Crippen molar-refractivity contribution in [2.75, 3.05) is 7.05 Å². The third-order valence-electron chi connectivity index (χ3n) is 3.92. The first kappa shape index (κ1) is 15.5. The number of likely N-dealkylation sites (N-methyl/N-ethyl adjacent to an activating group) is 1. The number of amidine groups is 1. The molecule has 4 heteroatoms. The molecule has 0 radical (unpaired) electrons. The number of rotatable bonds is 1. The first-order valence-electron chi connectivity index (χ1n) is 6.76. The maximum atomic E-state index is 13.1. The van der Waals surface area contributed by atoms with Gasteiger partial charge in [0.1, 0.15) is 11.7 Å². The Morgan fingerprint density at radius 2 is 1.76 bits per heavy atom. The molecular weight excluding hydrogens is 287 g/mol. The molecule has 0 aliphatic carbocycles. The van der Waals surface area contributed by atoms with Crippen molar-refractivity contribution in [1.29, 1.82) is 0 Å². The second-order valence-corrected chi connectivity index (χ2v) is 5.17. The Labute approximate surface area is 130 Å². The van der Waals surface area contributed by atoms with Crippen molar-refractivity contribution in [2.24, 2.45) is 4.99 Å². The number of nitrogens with zero attached hydrogens (tertiary/aromatic N) is 2. The van der Waals surface area contributed by atoms with E-state index in [1.807, 2.05) is 44.3 Å². The molecule has 1 heterocycles. The standard InChI is InChI=1S/C17H17FN2.ClH/c1-12-19-16-6-4-3-5-14(16)11-17(20(12)2)13-7-9-15(18)10-8-13;/h3-10,17H,11H2,1-2H3;1H. The zero-order chi connectivity index (χ0) is 14.1. The Morgan fingerprint density at radius 3 is 2.48 bits per heavy atom. The number of benzene rings is 2. The molecule has 1 aliphatic heterocycles. The number of halogens is 2. The van der Waals surface area contributed by atoms with Crippen LogP contribution in [-0.2, 0) is 6.42 Å². The Bertz CT molecular complexity index is 652. The van der Waals surface area contributed by atoms with E-state index in [-0.39, 0.29) is 24.3 Å². The van der Waals surface area contributed by atoms with Gasteiger partial charge in [-0.1, -0.05) is 30.3 Å². The van der Waals surface area contributed by atoms with Crippen LogP contribution in [0.1, 0.15) is 24.1 Å². The van der Waals surface area contributed by atoms with Crippen molar-refractivity contribution in [3.8, 4) is 0 Å². The van der Waals surface area contributed by atoms with Crippen molar-refractivity contribution >= 4 is 23.9 Å². The number of para-hydroxylation sites is 1. The van der Waals surface area contributed by atoms with Crippen LogP contribution >= 0.6 is 12.4 Å². The fourth-order valence-electron chi connectivity index (χ4n) is 2.64. The quantitative estimate of drug-likeness (QED) is 0.756. The highest BCUT2D eigenvalue weighted by Gasteiger charge is 2.23. The van der Waals surface area contributed by atoms with Crippen LogP contribution < -0.4 is 0 Å². The van der Waals surface area contributed by atoms with Crippen molar-refractivity contribution in [1.82, 2.24) is 4.90 Å². The Morgan fingerprint density at radius 1 is 1.10 bits per heavy atom. The van der Waals surface area contributed by atoms with Crippen molar-refractivity contribution < 1.29 is 4.39 Å². The lowest BCUT2D eigenvalue weighted by molar-refractivity contribution is 0.374. The SMILES string of the molecule is CC1=Nc2ccccc2CC(c2ccc(F)cc2)N1C.Cl. The molecule has 0 aromatic heterocycles. The predicted molar refractivity (Wildman–Crippen MR) is 87.1 cm³/mol. The number of hydrogen-bond acceptors (Lipinski definition) is 2. The maximum Gasteiger partial charge on any atom is 0.123 e. The van der Waals surface area contributed by atoms with Crippen LogP contribution in [0.15, 0.2) is 53.5 Å². The second kappa shape index (κ2) is 6.27. The Hall–Kier alpha value is -1.87. The molecule has 110 valence electrons. The zero-order valence-electron chi connectivity index (χ0n) is 12.1. The molecule has 3 rings (SSSR count). The third kappa shape index (κ3) is 3.08. The van der Waals surface area contributed by atoms with Gasteiger partial charge in [0.05, 0.1) is 11.7 Å². The summed E-state index contributed by atoms with van der Waals surface area (Å²) in [5.74, 6) is 0.778. The van der Waals surface area contributed by atoms with Gasteiger partial charge in [0.25, 0.3) is 0 Å². The van der Waals surface area contributed by atoms with Gasteiger partial charge in [-0.05, 0) is 42.7 Å². The summed E-state index contributed by atoms with van der Waals surface area (Å²) in [5.41, 5.74) is 3.37. The summed E-state index contributed by atoms with van der Waals surface area (Å²) in [6.45, 7) is 2.01. The minimum atomic E-state index is -0.198. The average Bonchev–Trinajstić information content (AvgIpc) is 2.58. The van der Waals surface area contributed by atoms with Gasteiger partial charge in [0.2, 0.25) is 0 Å². The van der Waals surface area contributed by atoms with Gasteiger partial charge < -0.3 is 4.90 Å². The summed E-state index contributed by atoms with van der Waals surface area (Å²) < 4.78 is 13.1. The first-order valence-corrected chi connectivity index (χ1v) is 6.76. The summed E-state index contributed by atoms with van der Waals surface area (Å²) in [6, 6.07) is 15.1. The van der Waals surface area contributed by atoms with Gasteiger partial charge in [-0.25, -0.2) is 9.38 Å². The summed E-state index contributed by atoms with van der Waals surface area (Å²) in [6.07, 6.45) is 0.874. The molecule has 0 amide bonds. The molecule has 1 unspecified atom stereocenters. The summed E-state index contributed by atoms with van der Waals surface area (Å²) in [5, 5.41) is 0. The number of fused-ring (bicyclic) bond motifs is 1. The van der Waals surface area contributed by atoms with Crippen LogP contribution in [0.3, 0.4) is 0 Å². The minimum absolute atomic E-state index is 0. The largest absolute Gasteiger partial charge is 0.356 e. The highest BCUT2D eigenvalue weighted by Crippen LogP contribution is 2.32. The number of aliphatic imine (C=N–C) groups is 1. The molecule has 2 nitrogen and oxygen atoms in total. The lowest BCUT2D eigenvalue weighted by atomic mass is 9.97. The second-order valence-electron chi connectivity index (χ2n) is 5.17. The smallest absolute Gasteiger partial charge is 0.123 e. The molecule has 0 saturated carbocycles. The van der Waals surface area contributed by atoms with Gasteiger partial charge >= 0.3 is 0 Å². The van der Waals surface area contributed by atoms with Crippen LogP contribution in [0.5, 0.6) is 0 Å². The molecule has 0 saturated heterocycles. The highest BCUT2D eigenvalue weighted by molar-refractivity contribution is 5.85. The third-order valence-corrected chi connectivity index (χ3v) is 3.92. The average molecular weight is 305 g/mol. The molecule has 2 aromatic rings. The molecule has 1 aliphatic rings. The molecule has 0 spiro atoms. The van der Waals surface area contributed by atoms with E-state index in [1.54, 1.807) is 0 Å². The summed E-state index contributed by atoms with van der Waals surface area (Å²) >= 11 is 0. The molecule has 0 N–H and O–H groups in total. The summed E-state index contributed by atoms with van der Waals surface area (Å²) in [7, 11) is 2.04. The van der Waals surface area contributed by atoms with Crippen LogP contribution in [0.25, 0.3) is 0 Å². The fourth-order valence-corrected chi connectivity index (χ4v) is 2.64. The molecule has 0 fully saturated rings. The van der Waals surface area contributed by atoms with Crippen LogP contribution in [-0.4, -0.2) is 17.8 Å². The van der Waals surface area contributed by atoms with E-state index in [0.29, 0.717) is 0 Å². The van der Waals surface area contributed by atoms with Crippen LogP contribution in [0, 0.1) is 5.82 Å².